The predicted octanol–water partition coefficient (Wildman–Crippen LogP) is 0.306. The summed E-state index contributed by atoms with van der Waals surface area (Å²) in [7, 11) is 0. The Kier molecular flexibility index (Phi) is 1.51. The lowest BCUT2D eigenvalue weighted by Crippen LogP contribution is -2.55. The molecule has 0 aromatic heterocycles. The van der Waals surface area contributed by atoms with E-state index in [-0.39, 0.29) is 23.6 Å². The molecule has 0 saturated carbocycles. The summed E-state index contributed by atoms with van der Waals surface area (Å²) in [5, 5.41) is 9.52. The van der Waals surface area contributed by atoms with E-state index in [2.05, 4.69) is 18.7 Å². The van der Waals surface area contributed by atoms with E-state index >= 15 is 0 Å². The largest absolute Gasteiger partial charge is 0.394 e. The lowest BCUT2D eigenvalue weighted by molar-refractivity contribution is -0.125. The smallest absolute Gasteiger partial charge is 0.122 e. The molecular weight excluding hydrogens is 182 g/mol. The van der Waals surface area contributed by atoms with E-state index in [0.29, 0.717) is 13.2 Å². The maximum Gasteiger partial charge on any atom is 0.122 e. The summed E-state index contributed by atoms with van der Waals surface area (Å²) in [6.07, 6.45) is 1.98. The van der Waals surface area contributed by atoms with Gasteiger partial charge in [-0.25, -0.2) is 4.90 Å². The molecule has 0 radical (unpaired) electrons. The number of rotatable bonds is 1. The van der Waals surface area contributed by atoms with Crippen molar-refractivity contribution >= 4 is 0 Å². The molecule has 4 nitrogen and oxygen atoms in total. The Hall–Kier alpha value is -0.160. The third kappa shape index (κ3) is 0.795. The van der Waals surface area contributed by atoms with Crippen molar-refractivity contribution < 1.29 is 14.6 Å². The van der Waals surface area contributed by atoms with Crippen LogP contribution >= 0.6 is 0 Å². The first-order valence-corrected chi connectivity index (χ1v) is 5.24. The minimum Gasteiger partial charge on any atom is -0.394 e. The van der Waals surface area contributed by atoms with Gasteiger partial charge in [-0.3, -0.25) is 0 Å². The summed E-state index contributed by atoms with van der Waals surface area (Å²) in [6.45, 7) is 5.51. The van der Waals surface area contributed by atoms with Crippen molar-refractivity contribution in [3.63, 3.8) is 0 Å². The third-order valence-electron chi connectivity index (χ3n) is 4.07. The second kappa shape index (κ2) is 2.32. The summed E-state index contributed by atoms with van der Waals surface area (Å²) in [5.74, 6) is 0. The molecule has 2 atom stereocenters. The van der Waals surface area contributed by atoms with Crippen molar-refractivity contribution in [3.05, 3.63) is 0 Å². The zero-order valence-electron chi connectivity index (χ0n) is 8.75. The van der Waals surface area contributed by atoms with E-state index in [1.165, 1.54) is 0 Å². The highest BCUT2D eigenvalue weighted by Crippen LogP contribution is 2.55. The van der Waals surface area contributed by atoms with Gasteiger partial charge in [-0.2, -0.15) is 0 Å². The van der Waals surface area contributed by atoms with Gasteiger partial charge >= 0.3 is 0 Å². The minimum absolute atomic E-state index is 0.123. The Morgan fingerprint density at radius 3 is 2.07 bits per heavy atom. The highest BCUT2D eigenvalue weighted by atomic mass is 16.6. The molecule has 3 rings (SSSR count). The van der Waals surface area contributed by atoms with Crippen LogP contribution in [0.5, 0.6) is 0 Å². The number of hydrogen-bond acceptors (Lipinski definition) is 4. The first-order valence-electron chi connectivity index (χ1n) is 5.24. The standard InChI is InChI=1S/C10H17NO3/c1-8-3-4-9(2)11(8)10(5-12,6-13-8)7-14-9/h12H,3-7H2,1-2H3/t8-,9-/m1/s1. The summed E-state index contributed by atoms with van der Waals surface area (Å²) in [6, 6.07) is 0. The first-order chi connectivity index (χ1) is 6.55. The van der Waals surface area contributed by atoms with Crippen LogP contribution in [0.15, 0.2) is 0 Å². The Labute approximate surface area is 83.8 Å². The van der Waals surface area contributed by atoms with Gasteiger partial charge in [0.05, 0.1) is 25.4 Å². The van der Waals surface area contributed by atoms with E-state index in [9.17, 15) is 5.11 Å². The van der Waals surface area contributed by atoms with Crippen molar-refractivity contribution in [1.29, 1.82) is 0 Å². The van der Waals surface area contributed by atoms with Gasteiger partial charge < -0.3 is 14.6 Å². The van der Waals surface area contributed by atoms with Gasteiger partial charge in [-0.1, -0.05) is 0 Å². The van der Waals surface area contributed by atoms with Gasteiger partial charge in [-0.05, 0) is 26.7 Å². The van der Waals surface area contributed by atoms with E-state index in [4.69, 9.17) is 9.47 Å². The van der Waals surface area contributed by atoms with Crippen LogP contribution in [0.4, 0.5) is 0 Å². The van der Waals surface area contributed by atoms with Crippen LogP contribution in [0.3, 0.4) is 0 Å². The molecule has 0 spiro atoms. The van der Waals surface area contributed by atoms with Crippen LogP contribution in [0.2, 0.25) is 0 Å². The number of aliphatic hydroxyl groups excluding tert-OH is 1. The fourth-order valence-electron chi connectivity index (χ4n) is 3.38. The second-order valence-electron chi connectivity index (χ2n) is 5.15. The SMILES string of the molecule is C[C@]12CC[C@@]3(C)OCC(CO)(CO1)N23. The Morgan fingerprint density at radius 2 is 1.64 bits per heavy atom. The van der Waals surface area contributed by atoms with Gasteiger partial charge in [0.25, 0.3) is 0 Å². The fraction of sp³-hybridized carbons (Fsp3) is 1.00. The number of nitrogens with zero attached hydrogens (tertiary/aromatic N) is 1. The van der Waals surface area contributed by atoms with Crippen LogP contribution in [-0.4, -0.2) is 46.8 Å². The lowest BCUT2D eigenvalue weighted by Gasteiger charge is -2.37. The molecule has 3 heterocycles. The molecule has 14 heavy (non-hydrogen) atoms. The van der Waals surface area contributed by atoms with Crippen LogP contribution in [0.25, 0.3) is 0 Å². The third-order valence-corrected chi connectivity index (χ3v) is 4.07. The van der Waals surface area contributed by atoms with Crippen molar-refractivity contribution in [2.24, 2.45) is 0 Å². The van der Waals surface area contributed by atoms with Gasteiger partial charge in [-0.15, -0.1) is 0 Å². The zero-order chi connectivity index (χ0) is 10.0. The van der Waals surface area contributed by atoms with E-state index in [1.54, 1.807) is 0 Å². The summed E-state index contributed by atoms with van der Waals surface area (Å²) < 4.78 is 11.7. The Bertz CT molecular complexity index is 261. The Balaban J connectivity index is 2.08. The summed E-state index contributed by atoms with van der Waals surface area (Å²) >= 11 is 0. The molecular formula is C10H17NO3. The topological polar surface area (TPSA) is 41.9 Å². The first kappa shape index (κ1) is 9.09. The molecule has 0 aromatic rings. The van der Waals surface area contributed by atoms with E-state index < -0.39 is 0 Å². The maximum absolute atomic E-state index is 9.52. The van der Waals surface area contributed by atoms with Crippen molar-refractivity contribution in [2.75, 3.05) is 19.8 Å². The fourth-order valence-corrected chi connectivity index (χ4v) is 3.38. The number of aliphatic hydroxyl groups is 1. The molecule has 80 valence electrons. The quantitative estimate of drug-likeness (QED) is 0.660. The normalized spacial score (nSPS) is 56.8. The van der Waals surface area contributed by atoms with Crippen molar-refractivity contribution in [3.8, 4) is 0 Å². The van der Waals surface area contributed by atoms with Gasteiger partial charge in [0.15, 0.2) is 0 Å². The summed E-state index contributed by atoms with van der Waals surface area (Å²) in [5.41, 5.74) is -0.706. The number of ether oxygens (including phenoxy) is 2. The maximum atomic E-state index is 9.52. The van der Waals surface area contributed by atoms with Gasteiger partial charge in [0, 0.05) is 0 Å². The lowest BCUT2D eigenvalue weighted by atomic mass is 10.0. The molecule has 3 fully saturated rings. The van der Waals surface area contributed by atoms with Crippen LogP contribution < -0.4 is 0 Å². The highest BCUT2D eigenvalue weighted by Gasteiger charge is 2.68. The zero-order valence-corrected chi connectivity index (χ0v) is 8.75. The van der Waals surface area contributed by atoms with Gasteiger partial charge in [0.1, 0.15) is 11.4 Å². The van der Waals surface area contributed by atoms with Gasteiger partial charge in [0.2, 0.25) is 0 Å². The molecule has 3 aliphatic heterocycles. The Morgan fingerprint density at radius 1 is 1.14 bits per heavy atom. The molecule has 1 N–H and O–H groups in total. The number of hydrogen-bond donors (Lipinski definition) is 1. The molecule has 0 amide bonds. The molecule has 3 aliphatic rings. The molecule has 4 heteroatoms. The van der Waals surface area contributed by atoms with Crippen molar-refractivity contribution in [2.45, 2.75) is 43.7 Å². The molecule has 0 bridgehead atoms. The molecule has 0 unspecified atom stereocenters. The van der Waals surface area contributed by atoms with E-state index in [0.717, 1.165) is 12.8 Å². The average Bonchev–Trinajstić information content (AvgIpc) is 2.72. The van der Waals surface area contributed by atoms with Crippen LogP contribution in [0.1, 0.15) is 26.7 Å². The average molecular weight is 199 g/mol. The molecule has 0 aliphatic carbocycles. The molecule has 3 saturated heterocycles. The van der Waals surface area contributed by atoms with E-state index in [1.807, 2.05) is 0 Å². The molecule has 0 aromatic carbocycles. The summed E-state index contributed by atoms with van der Waals surface area (Å²) in [4.78, 5) is 2.26. The monoisotopic (exact) mass is 199 g/mol. The second-order valence-corrected chi connectivity index (χ2v) is 5.15. The van der Waals surface area contributed by atoms with Crippen molar-refractivity contribution in [1.82, 2.24) is 4.90 Å². The minimum atomic E-state index is -0.278. The van der Waals surface area contributed by atoms with Crippen LogP contribution in [-0.2, 0) is 9.47 Å². The highest BCUT2D eigenvalue weighted by molar-refractivity contribution is 5.14. The van der Waals surface area contributed by atoms with Crippen LogP contribution in [0, 0.1) is 0 Å². The predicted molar refractivity (Wildman–Crippen MR) is 49.6 cm³/mol.